The van der Waals surface area contributed by atoms with Crippen LogP contribution in [0.2, 0.25) is 0 Å². The highest BCUT2D eigenvalue weighted by atomic mass is 35.5. The number of halogens is 4. The Balaban J connectivity index is 0.00000220. The molecule has 0 saturated carbocycles. The van der Waals surface area contributed by atoms with Crippen LogP contribution in [0, 0.1) is 5.92 Å². The van der Waals surface area contributed by atoms with Crippen LogP contribution in [0.15, 0.2) is 24.3 Å². The van der Waals surface area contributed by atoms with Gasteiger partial charge < -0.3 is 15.4 Å². The molecule has 1 aliphatic heterocycles. The van der Waals surface area contributed by atoms with Crippen LogP contribution in [-0.2, 0) is 11.0 Å². The van der Waals surface area contributed by atoms with Crippen molar-refractivity contribution in [2.45, 2.75) is 6.18 Å². The molecule has 21 heavy (non-hydrogen) atoms. The van der Waals surface area contributed by atoms with Crippen LogP contribution in [0.5, 0.6) is 5.75 Å². The second-order valence-corrected chi connectivity index (χ2v) is 4.49. The third kappa shape index (κ3) is 4.78. The van der Waals surface area contributed by atoms with E-state index in [1.54, 1.807) is 0 Å². The first-order chi connectivity index (χ1) is 9.48. The summed E-state index contributed by atoms with van der Waals surface area (Å²) in [6.07, 6.45) is -4.45. The van der Waals surface area contributed by atoms with Crippen molar-refractivity contribution in [1.29, 1.82) is 0 Å². The molecular formula is C13H16ClF3N2O2. The fourth-order valence-electron chi connectivity index (χ4n) is 1.78. The van der Waals surface area contributed by atoms with Crippen molar-refractivity contribution in [2.24, 2.45) is 5.92 Å². The number of hydrogen-bond acceptors (Lipinski definition) is 3. The van der Waals surface area contributed by atoms with Crippen LogP contribution in [0.1, 0.15) is 5.56 Å². The van der Waals surface area contributed by atoms with Gasteiger partial charge in [-0.3, -0.25) is 4.79 Å². The molecule has 2 rings (SSSR count). The maximum atomic E-state index is 12.7. The smallest absolute Gasteiger partial charge is 0.419 e. The highest BCUT2D eigenvalue weighted by molar-refractivity contribution is 5.85. The van der Waals surface area contributed by atoms with Gasteiger partial charge in [0.25, 0.3) is 0 Å². The molecule has 0 bridgehead atoms. The highest BCUT2D eigenvalue weighted by Crippen LogP contribution is 2.35. The summed E-state index contributed by atoms with van der Waals surface area (Å²) in [5.41, 5.74) is -0.811. The number of hydrogen-bond donors (Lipinski definition) is 2. The fraction of sp³-hybridized carbons (Fsp3) is 0.462. The van der Waals surface area contributed by atoms with E-state index in [1.807, 2.05) is 0 Å². The van der Waals surface area contributed by atoms with Gasteiger partial charge in [0, 0.05) is 13.1 Å². The van der Waals surface area contributed by atoms with Crippen LogP contribution in [0.3, 0.4) is 0 Å². The van der Waals surface area contributed by atoms with Gasteiger partial charge in [-0.15, -0.1) is 12.4 Å². The van der Waals surface area contributed by atoms with E-state index in [1.165, 1.54) is 18.2 Å². The standard InChI is InChI=1S/C13H15F3N2O2.ClH/c14-13(15,16)10-3-1-2-4-11(10)20-6-5-18-12(19)9-7-17-8-9;/h1-4,9,17H,5-8H2,(H,18,19);1H. The number of carbonyl (C=O) groups excluding carboxylic acids is 1. The minimum Gasteiger partial charge on any atom is -0.491 e. The lowest BCUT2D eigenvalue weighted by Crippen LogP contribution is -2.51. The maximum Gasteiger partial charge on any atom is 0.419 e. The van der Waals surface area contributed by atoms with E-state index >= 15 is 0 Å². The van der Waals surface area contributed by atoms with E-state index in [0.29, 0.717) is 13.1 Å². The zero-order valence-corrected chi connectivity index (χ0v) is 11.9. The van der Waals surface area contributed by atoms with Crippen LogP contribution in [-0.4, -0.2) is 32.1 Å². The Bertz CT molecular complexity index is 479. The van der Waals surface area contributed by atoms with Crippen molar-refractivity contribution in [2.75, 3.05) is 26.2 Å². The third-order valence-electron chi connectivity index (χ3n) is 3.00. The molecule has 1 aliphatic rings. The Hall–Kier alpha value is -1.47. The van der Waals surface area contributed by atoms with Crippen molar-refractivity contribution in [3.63, 3.8) is 0 Å². The summed E-state index contributed by atoms with van der Waals surface area (Å²) in [7, 11) is 0. The number of alkyl halides is 3. The highest BCUT2D eigenvalue weighted by Gasteiger charge is 2.34. The number of benzene rings is 1. The lowest BCUT2D eigenvalue weighted by Gasteiger charge is -2.25. The molecule has 4 nitrogen and oxygen atoms in total. The van der Waals surface area contributed by atoms with Crippen LogP contribution in [0.4, 0.5) is 13.2 Å². The molecule has 1 aromatic rings. The molecule has 1 amide bonds. The Morgan fingerprint density at radius 2 is 2.00 bits per heavy atom. The molecular weight excluding hydrogens is 309 g/mol. The summed E-state index contributed by atoms with van der Waals surface area (Å²) in [6.45, 7) is 1.47. The predicted octanol–water partition coefficient (Wildman–Crippen LogP) is 1.84. The molecule has 0 spiro atoms. The summed E-state index contributed by atoms with van der Waals surface area (Å²) in [4.78, 5) is 11.5. The van der Waals surface area contributed by atoms with Gasteiger partial charge in [0.05, 0.1) is 18.0 Å². The minimum absolute atomic E-state index is 0. The molecule has 0 aromatic heterocycles. The van der Waals surface area contributed by atoms with Crippen molar-refractivity contribution in [3.8, 4) is 5.75 Å². The normalized spacial score (nSPS) is 14.8. The van der Waals surface area contributed by atoms with E-state index in [4.69, 9.17) is 4.74 Å². The number of nitrogens with one attached hydrogen (secondary N) is 2. The summed E-state index contributed by atoms with van der Waals surface area (Å²) in [6, 6.07) is 5.01. The van der Waals surface area contributed by atoms with Gasteiger partial charge in [-0.25, -0.2) is 0 Å². The van der Waals surface area contributed by atoms with Gasteiger partial charge in [0.15, 0.2) is 0 Å². The molecule has 1 fully saturated rings. The fourth-order valence-corrected chi connectivity index (χ4v) is 1.78. The Kier molecular flexibility index (Phi) is 6.29. The van der Waals surface area contributed by atoms with E-state index in [2.05, 4.69) is 10.6 Å². The van der Waals surface area contributed by atoms with Crippen molar-refractivity contribution < 1.29 is 22.7 Å². The average Bonchev–Trinajstić information content (AvgIpc) is 2.32. The van der Waals surface area contributed by atoms with Gasteiger partial charge in [0.2, 0.25) is 5.91 Å². The summed E-state index contributed by atoms with van der Waals surface area (Å²) in [5, 5.41) is 5.59. The summed E-state index contributed by atoms with van der Waals surface area (Å²) < 4.78 is 43.2. The number of ether oxygens (including phenoxy) is 1. The quantitative estimate of drug-likeness (QED) is 0.813. The molecule has 0 aliphatic carbocycles. The molecule has 0 radical (unpaired) electrons. The Labute approximate surface area is 126 Å². The summed E-state index contributed by atoms with van der Waals surface area (Å²) in [5.74, 6) is -0.367. The minimum atomic E-state index is -4.45. The van der Waals surface area contributed by atoms with E-state index in [-0.39, 0.29) is 43.1 Å². The SMILES string of the molecule is Cl.O=C(NCCOc1ccccc1C(F)(F)F)C1CNC1. The third-order valence-corrected chi connectivity index (χ3v) is 3.00. The number of rotatable bonds is 5. The zero-order chi connectivity index (χ0) is 14.6. The van der Waals surface area contributed by atoms with Gasteiger partial charge in [-0.1, -0.05) is 12.1 Å². The molecule has 1 saturated heterocycles. The average molecular weight is 325 g/mol. The second-order valence-electron chi connectivity index (χ2n) is 4.49. The first kappa shape index (κ1) is 17.6. The predicted molar refractivity (Wildman–Crippen MR) is 73.6 cm³/mol. The van der Waals surface area contributed by atoms with Crippen LogP contribution in [0.25, 0.3) is 0 Å². The largest absolute Gasteiger partial charge is 0.491 e. The van der Waals surface area contributed by atoms with Gasteiger partial charge in [-0.2, -0.15) is 13.2 Å². The Morgan fingerprint density at radius 3 is 2.57 bits per heavy atom. The van der Waals surface area contributed by atoms with Crippen LogP contribution < -0.4 is 15.4 Å². The molecule has 0 unspecified atom stereocenters. The van der Waals surface area contributed by atoms with Crippen molar-refractivity contribution >= 4 is 18.3 Å². The lowest BCUT2D eigenvalue weighted by molar-refractivity contribution is -0.139. The first-order valence-electron chi connectivity index (χ1n) is 6.26. The van der Waals surface area contributed by atoms with Crippen LogP contribution >= 0.6 is 12.4 Å². The molecule has 8 heteroatoms. The molecule has 0 atom stereocenters. The zero-order valence-electron chi connectivity index (χ0n) is 11.1. The molecule has 2 N–H and O–H groups in total. The van der Waals surface area contributed by atoms with Gasteiger partial charge >= 0.3 is 6.18 Å². The number of amides is 1. The summed E-state index contributed by atoms with van der Waals surface area (Å²) >= 11 is 0. The van der Waals surface area contributed by atoms with Crippen molar-refractivity contribution in [1.82, 2.24) is 10.6 Å². The monoisotopic (exact) mass is 324 g/mol. The van der Waals surface area contributed by atoms with E-state index < -0.39 is 11.7 Å². The first-order valence-corrected chi connectivity index (χ1v) is 6.26. The molecule has 1 heterocycles. The van der Waals surface area contributed by atoms with E-state index in [9.17, 15) is 18.0 Å². The Morgan fingerprint density at radius 1 is 1.33 bits per heavy atom. The van der Waals surface area contributed by atoms with Crippen molar-refractivity contribution in [3.05, 3.63) is 29.8 Å². The van der Waals surface area contributed by atoms with Gasteiger partial charge in [0.1, 0.15) is 12.4 Å². The molecule has 1 aromatic carbocycles. The molecule has 118 valence electrons. The number of carbonyl (C=O) groups is 1. The number of para-hydroxylation sites is 1. The van der Waals surface area contributed by atoms with Gasteiger partial charge in [-0.05, 0) is 12.1 Å². The van der Waals surface area contributed by atoms with E-state index in [0.717, 1.165) is 6.07 Å². The lowest BCUT2D eigenvalue weighted by atomic mass is 10.0. The topological polar surface area (TPSA) is 50.4 Å². The maximum absolute atomic E-state index is 12.7. The second kappa shape index (κ2) is 7.51.